The van der Waals surface area contributed by atoms with Gasteiger partial charge in [0.05, 0.1) is 10.3 Å². The number of hydrogen-bond donors (Lipinski definition) is 1. The van der Waals surface area contributed by atoms with E-state index in [2.05, 4.69) is 5.32 Å². The summed E-state index contributed by atoms with van der Waals surface area (Å²) in [6.07, 6.45) is 8.06. The predicted octanol–water partition coefficient (Wildman–Crippen LogP) is 2.14. The van der Waals surface area contributed by atoms with Gasteiger partial charge in [0.15, 0.2) is 9.84 Å². The fourth-order valence-corrected chi connectivity index (χ4v) is 4.87. The molecule has 0 radical (unpaired) electrons. The number of hydrogen-bond acceptors (Lipinski definition) is 4. The first-order chi connectivity index (χ1) is 9.22. The molecular formula is C15H29NO3S. The van der Waals surface area contributed by atoms with Crippen molar-refractivity contribution < 1.29 is 13.2 Å². The third-order valence-corrected chi connectivity index (χ3v) is 7.70. The van der Waals surface area contributed by atoms with Gasteiger partial charge in [0, 0.05) is 18.9 Å². The normalized spacial score (nSPS) is 28.7. The summed E-state index contributed by atoms with van der Waals surface area (Å²) in [6, 6.07) is -0.0149. The molecule has 1 saturated carbocycles. The van der Waals surface area contributed by atoms with Crippen LogP contribution in [-0.2, 0) is 14.6 Å². The van der Waals surface area contributed by atoms with Crippen molar-refractivity contribution in [2.24, 2.45) is 5.92 Å². The van der Waals surface area contributed by atoms with Crippen LogP contribution in [0.1, 0.15) is 52.4 Å². The molecule has 0 aromatic carbocycles. The molecule has 2 unspecified atom stereocenters. The molecule has 2 fully saturated rings. The van der Waals surface area contributed by atoms with E-state index in [0.29, 0.717) is 5.92 Å². The topological polar surface area (TPSA) is 55.4 Å². The second-order valence-electron chi connectivity index (χ2n) is 7.13. The first-order valence-corrected chi connectivity index (χ1v) is 9.62. The van der Waals surface area contributed by atoms with E-state index in [1.165, 1.54) is 19.1 Å². The molecule has 0 amide bonds. The molecule has 1 spiro atoms. The van der Waals surface area contributed by atoms with Crippen molar-refractivity contribution in [3.8, 4) is 0 Å². The van der Waals surface area contributed by atoms with Crippen molar-refractivity contribution in [3.05, 3.63) is 0 Å². The van der Waals surface area contributed by atoms with Gasteiger partial charge in [-0.25, -0.2) is 8.42 Å². The number of sulfone groups is 1. The van der Waals surface area contributed by atoms with Crippen LogP contribution in [0.2, 0.25) is 0 Å². The van der Waals surface area contributed by atoms with Crippen LogP contribution in [0, 0.1) is 5.92 Å². The second kappa shape index (κ2) is 5.58. The first kappa shape index (κ1) is 16.2. The van der Waals surface area contributed by atoms with Gasteiger partial charge in [-0.15, -0.1) is 0 Å². The van der Waals surface area contributed by atoms with E-state index < -0.39 is 14.6 Å². The Balaban J connectivity index is 2.19. The molecule has 1 heterocycles. The summed E-state index contributed by atoms with van der Waals surface area (Å²) in [6.45, 7) is 4.46. The van der Waals surface area contributed by atoms with Gasteiger partial charge in [-0.1, -0.05) is 12.8 Å². The smallest absolute Gasteiger partial charge is 0.154 e. The van der Waals surface area contributed by atoms with Crippen LogP contribution in [0.4, 0.5) is 0 Å². The summed E-state index contributed by atoms with van der Waals surface area (Å²) in [4.78, 5) is 0. The van der Waals surface area contributed by atoms with E-state index >= 15 is 0 Å². The molecule has 0 aromatic heterocycles. The number of nitrogens with one attached hydrogen (secondary N) is 1. The van der Waals surface area contributed by atoms with E-state index in [1.54, 1.807) is 0 Å². The van der Waals surface area contributed by atoms with Gasteiger partial charge in [-0.2, -0.15) is 0 Å². The molecule has 0 aromatic rings. The molecule has 20 heavy (non-hydrogen) atoms. The summed E-state index contributed by atoms with van der Waals surface area (Å²) in [5.41, 5.74) is 0.0333. The Kier molecular flexibility index (Phi) is 4.53. The SMILES string of the molecule is CNC(C1CCOC2(CCCC2)C1)C(C)(C)S(C)(=O)=O. The Labute approximate surface area is 123 Å². The Morgan fingerprint density at radius 3 is 2.40 bits per heavy atom. The zero-order valence-electron chi connectivity index (χ0n) is 13.2. The van der Waals surface area contributed by atoms with E-state index in [4.69, 9.17) is 4.74 Å². The highest BCUT2D eigenvalue weighted by Crippen LogP contribution is 2.44. The highest BCUT2D eigenvalue weighted by atomic mass is 32.2. The third-order valence-electron chi connectivity index (χ3n) is 5.53. The van der Waals surface area contributed by atoms with Gasteiger partial charge in [-0.05, 0) is 52.5 Å². The quantitative estimate of drug-likeness (QED) is 0.864. The van der Waals surface area contributed by atoms with Crippen molar-refractivity contribution in [1.82, 2.24) is 5.32 Å². The van der Waals surface area contributed by atoms with E-state index in [-0.39, 0.29) is 11.6 Å². The van der Waals surface area contributed by atoms with Crippen LogP contribution in [0.25, 0.3) is 0 Å². The Morgan fingerprint density at radius 2 is 1.90 bits per heavy atom. The summed E-state index contributed by atoms with van der Waals surface area (Å²) < 4.78 is 29.6. The maximum atomic E-state index is 12.1. The molecular weight excluding hydrogens is 274 g/mol. The Bertz CT molecular complexity index is 438. The molecule has 2 rings (SSSR count). The maximum absolute atomic E-state index is 12.1. The van der Waals surface area contributed by atoms with Crippen LogP contribution in [0.5, 0.6) is 0 Å². The number of ether oxygens (including phenoxy) is 1. The Morgan fingerprint density at radius 1 is 1.30 bits per heavy atom. The van der Waals surface area contributed by atoms with Crippen molar-refractivity contribution in [2.45, 2.75) is 68.8 Å². The fraction of sp³-hybridized carbons (Fsp3) is 1.00. The zero-order valence-corrected chi connectivity index (χ0v) is 14.1. The molecule has 118 valence electrons. The average molecular weight is 303 g/mol. The van der Waals surface area contributed by atoms with Crippen molar-refractivity contribution in [1.29, 1.82) is 0 Å². The highest BCUT2D eigenvalue weighted by Gasteiger charge is 2.48. The molecule has 2 aliphatic rings. The highest BCUT2D eigenvalue weighted by molar-refractivity contribution is 7.92. The van der Waals surface area contributed by atoms with Crippen LogP contribution in [0.15, 0.2) is 0 Å². The van der Waals surface area contributed by atoms with E-state index in [9.17, 15) is 8.42 Å². The van der Waals surface area contributed by atoms with Crippen molar-refractivity contribution in [2.75, 3.05) is 19.9 Å². The largest absolute Gasteiger partial charge is 0.375 e. The van der Waals surface area contributed by atoms with Crippen LogP contribution in [0.3, 0.4) is 0 Å². The van der Waals surface area contributed by atoms with Gasteiger partial charge >= 0.3 is 0 Å². The number of rotatable bonds is 4. The molecule has 4 nitrogen and oxygen atoms in total. The second-order valence-corrected chi connectivity index (χ2v) is 9.73. The lowest BCUT2D eigenvalue weighted by Gasteiger charge is -2.45. The molecule has 1 aliphatic carbocycles. The first-order valence-electron chi connectivity index (χ1n) is 7.73. The lowest BCUT2D eigenvalue weighted by atomic mass is 9.77. The van der Waals surface area contributed by atoms with Crippen molar-refractivity contribution >= 4 is 9.84 Å². The fourth-order valence-electron chi connectivity index (χ4n) is 4.10. The zero-order chi connectivity index (χ0) is 15.0. The molecule has 5 heteroatoms. The van der Waals surface area contributed by atoms with Gasteiger partial charge in [0.1, 0.15) is 0 Å². The minimum absolute atomic E-state index is 0.0149. The van der Waals surface area contributed by atoms with E-state index in [1.807, 2.05) is 20.9 Å². The predicted molar refractivity (Wildman–Crippen MR) is 81.6 cm³/mol. The maximum Gasteiger partial charge on any atom is 0.154 e. The lowest BCUT2D eigenvalue weighted by Crippen LogP contribution is -2.57. The van der Waals surface area contributed by atoms with Gasteiger partial charge < -0.3 is 10.1 Å². The minimum atomic E-state index is -3.10. The molecule has 1 N–H and O–H groups in total. The van der Waals surface area contributed by atoms with Gasteiger partial charge in [-0.3, -0.25) is 0 Å². The van der Waals surface area contributed by atoms with Crippen LogP contribution < -0.4 is 5.32 Å². The van der Waals surface area contributed by atoms with Crippen LogP contribution in [-0.4, -0.2) is 44.7 Å². The monoisotopic (exact) mass is 303 g/mol. The van der Waals surface area contributed by atoms with Gasteiger partial charge in [0.25, 0.3) is 0 Å². The minimum Gasteiger partial charge on any atom is -0.375 e. The van der Waals surface area contributed by atoms with Crippen molar-refractivity contribution in [3.63, 3.8) is 0 Å². The summed E-state index contributed by atoms with van der Waals surface area (Å²) in [7, 11) is -1.22. The summed E-state index contributed by atoms with van der Waals surface area (Å²) in [5, 5.41) is 3.29. The molecule has 1 aliphatic heterocycles. The molecule has 0 bridgehead atoms. The Hall–Kier alpha value is -0.130. The molecule has 1 saturated heterocycles. The average Bonchev–Trinajstić information content (AvgIpc) is 2.76. The van der Waals surface area contributed by atoms with Gasteiger partial charge in [0.2, 0.25) is 0 Å². The third kappa shape index (κ3) is 2.90. The van der Waals surface area contributed by atoms with E-state index in [0.717, 1.165) is 32.3 Å². The molecule has 2 atom stereocenters. The van der Waals surface area contributed by atoms with Crippen LogP contribution >= 0.6 is 0 Å². The standard InChI is InChI=1S/C15H29NO3S/c1-14(2,20(4,17)18)13(16-3)12-7-10-19-15(11-12)8-5-6-9-15/h12-13,16H,5-11H2,1-4H3. The lowest BCUT2D eigenvalue weighted by molar-refractivity contribution is -0.0990. The summed E-state index contributed by atoms with van der Waals surface area (Å²) in [5.74, 6) is 0.372. The summed E-state index contributed by atoms with van der Waals surface area (Å²) >= 11 is 0.